The minimum atomic E-state index is -2.04. The number of aliphatic carboxylic acids is 2. The van der Waals surface area contributed by atoms with Gasteiger partial charge in [0.15, 0.2) is 6.10 Å². The van der Waals surface area contributed by atoms with Crippen LogP contribution in [0.2, 0.25) is 0 Å². The molecule has 0 fully saturated rings. The van der Waals surface area contributed by atoms with Gasteiger partial charge in [-0.2, -0.15) is 0 Å². The zero-order chi connectivity index (χ0) is 8.31. The van der Waals surface area contributed by atoms with E-state index in [1.165, 1.54) is 0 Å². The lowest BCUT2D eigenvalue weighted by molar-refractivity contribution is -0.154. The summed E-state index contributed by atoms with van der Waals surface area (Å²) in [5.41, 5.74) is 4.73. The molecule has 0 rings (SSSR count). The molecule has 0 radical (unpaired) electrons. The predicted molar refractivity (Wildman–Crippen MR) is 29.3 cm³/mol. The van der Waals surface area contributed by atoms with Crippen LogP contribution in [0.25, 0.3) is 0 Å². The monoisotopic (exact) mass is 149 g/mol. The maximum absolute atomic E-state index is 9.90. The van der Waals surface area contributed by atoms with E-state index in [9.17, 15) is 9.59 Å². The largest absolute Gasteiger partial charge is 0.480 e. The van der Waals surface area contributed by atoms with Crippen molar-refractivity contribution in [3.05, 3.63) is 0 Å². The van der Waals surface area contributed by atoms with E-state index in [1.54, 1.807) is 0 Å². The first-order valence-corrected chi connectivity index (χ1v) is 2.36. The first kappa shape index (κ1) is 8.86. The van der Waals surface area contributed by atoms with Crippen LogP contribution < -0.4 is 5.73 Å². The maximum Gasteiger partial charge on any atom is 0.334 e. The van der Waals surface area contributed by atoms with E-state index in [0.29, 0.717) is 0 Å². The number of nitrogens with two attached hydrogens (primary N) is 1. The molecule has 10 heavy (non-hydrogen) atoms. The van der Waals surface area contributed by atoms with E-state index < -0.39 is 24.1 Å². The van der Waals surface area contributed by atoms with E-state index in [1.807, 2.05) is 0 Å². The Kier molecular flexibility index (Phi) is 2.78. The van der Waals surface area contributed by atoms with Crippen molar-refractivity contribution >= 4 is 11.9 Å². The van der Waals surface area contributed by atoms with Gasteiger partial charge in [0.25, 0.3) is 0 Å². The van der Waals surface area contributed by atoms with Crippen LogP contribution in [-0.4, -0.2) is 39.4 Å². The second-order valence-corrected chi connectivity index (χ2v) is 1.65. The first-order valence-electron chi connectivity index (χ1n) is 2.36. The third-order valence-electron chi connectivity index (χ3n) is 0.878. The van der Waals surface area contributed by atoms with E-state index in [-0.39, 0.29) is 0 Å². The molecule has 0 aromatic rings. The number of rotatable bonds is 3. The van der Waals surface area contributed by atoms with Crippen LogP contribution >= 0.6 is 0 Å². The predicted octanol–water partition coefficient (Wildman–Crippen LogP) is -2.16. The standard InChI is InChI=1S/C4H7NO5/c5-1(3(7)8)2(6)4(9)10/h1-2,6H,5H2,(H,7,8)(H,9,10)/t1?,2-/m0/s1. The summed E-state index contributed by atoms with van der Waals surface area (Å²) < 4.78 is 0. The Balaban J connectivity index is 4.07. The third-order valence-corrected chi connectivity index (χ3v) is 0.878. The summed E-state index contributed by atoms with van der Waals surface area (Å²) in [6.45, 7) is 0. The summed E-state index contributed by atoms with van der Waals surface area (Å²) >= 11 is 0. The molecule has 0 aliphatic heterocycles. The van der Waals surface area contributed by atoms with Crippen molar-refractivity contribution in [1.29, 1.82) is 0 Å². The van der Waals surface area contributed by atoms with Gasteiger partial charge in [0.05, 0.1) is 0 Å². The van der Waals surface area contributed by atoms with Gasteiger partial charge in [0.2, 0.25) is 0 Å². The minimum Gasteiger partial charge on any atom is -0.480 e. The van der Waals surface area contributed by atoms with Gasteiger partial charge in [-0.1, -0.05) is 0 Å². The average Bonchev–Trinajstić information content (AvgIpc) is 1.84. The van der Waals surface area contributed by atoms with Crippen molar-refractivity contribution in [1.82, 2.24) is 0 Å². The second kappa shape index (κ2) is 3.14. The van der Waals surface area contributed by atoms with Crippen LogP contribution in [0.5, 0.6) is 0 Å². The molecule has 0 saturated heterocycles. The van der Waals surface area contributed by atoms with Crippen LogP contribution in [0.1, 0.15) is 0 Å². The molecule has 0 aromatic heterocycles. The molecule has 2 atom stereocenters. The molecule has 58 valence electrons. The molecule has 5 N–H and O–H groups in total. The van der Waals surface area contributed by atoms with E-state index >= 15 is 0 Å². The molecule has 0 amide bonds. The highest BCUT2D eigenvalue weighted by Gasteiger charge is 2.27. The Bertz CT molecular complexity index is 138. The lowest BCUT2D eigenvalue weighted by Gasteiger charge is -2.08. The van der Waals surface area contributed by atoms with Crippen LogP contribution in [0.15, 0.2) is 0 Å². The highest BCUT2D eigenvalue weighted by Crippen LogP contribution is 1.89. The zero-order valence-corrected chi connectivity index (χ0v) is 4.89. The van der Waals surface area contributed by atoms with Gasteiger partial charge in [0.1, 0.15) is 6.04 Å². The molecule has 0 spiro atoms. The molecule has 0 bridgehead atoms. The van der Waals surface area contributed by atoms with Crippen LogP contribution in [-0.2, 0) is 9.59 Å². The van der Waals surface area contributed by atoms with Crippen molar-refractivity contribution in [2.45, 2.75) is 12.1 Å². The summed E-state index contributed by atoms with van der Waals surface area (Å²) in [7, 11) is 0. The fraction of sp³-hybridized carbons (Fsp3) is 0.500. The highest BCUT2D eigenvalue weighted by molar-refractivity contribution is 5.83. The summed E-state index contributed by atoms with van der Waals surface area (Å²) in [6, 6.07) is -1.77. The fourth-order valence-corrected chi connectivity index (χ4v) is 0.289. The Morgan fingerprint density at radius 2 is 1.60 bits per heavy atom. The summed E-state index contributed by atoms with van der Waals surface area (Å²) in [5, 5.41) is 24.5. The SMILES string of the molecule is NC(C(=O)O)[C@H](O)C(=O)O. The molecule has 1 unspecified atom stereocenters. The second-order valence-electron chi connectivity index (χ2n) is 1.65. The van der Waals surface area contributed by atoms with Crippen LogP contribution in [0.4, 0.5) is 0 Å². The van der Waals surface area contributed by atoms with Crippen LogP contribution in [0, 0.1) is 0 Å². The van der Waals surface area contributed by atoms with E-state index in [2.05, 4.69) is 0 Å². The Morgan fingerprint density at radius 3 is 1.70 bits per heavy atom. The van der Waals surface area contributed by atoms with Crippen molar-refractivity contribution in [2.24, 2.45) is 5.73 Å². The number of hydrogen-bond acceptors (Lipinski definition) is 4. The van der Waals surface area contributed by atoms with Gasteiger partial charge < -0.3 is 21.1 Å². The lowest BCUT2D eigenvalue weighted by Crippen LogP contribution is -2.46. The Hall–Kier alpha value is -1.14. The molecule has 0 aliphatic rings. The minimum absolute atomic E-state index is 1.55. The smallest absolute Gasteiger partial charge is 0.334 e. The van der Waals surface area contributed by atoms with Gasteiger partial charge in [-0.15, -0.1) is 0 Å². The summed E-state index contributed by atoms with van der Waals surface area (Å²) in [5.74, 6) is -3.19. The van der Waals surface area contributed by atoms with Gasteiger partial charge >= 0.3 is 11.9 Å². The molecular formula is C4H7NO5. The first-order chi connectivity index (χ1) is 4.46. The molecule has 6 heteroatoms. The number of aliphatic hydroxyl groups excluding tert-OH is 1. The molecule has 0 aliphatic carbocycles. The van der Waals surface area contributed by atoms with Gasteiger partial charge in [-0.05, 0) is 0 Å². The topological polar surface area (TPSA) is 121 Å². The van der Waals surface area contributed by atoms with Crippen molar-refractivity contribution in [3.63, 3.8) is 0 Å². The zero-order valence-electron chi connectivity index (χ0n) is 4.89. The average molecular weight is 149 g/mol. The van der Waals surface area contributed by atoms with Crippen molar-refractivity contribution < 1.29 is 24.9 Å². The van der Waals surface area contributed by atoms with Crippen LogP contribution in [0.3, 0.4) is 0 Å². The van der Waals surface area contributed by atoms with Crippen molar-refractivity contribution in [3.8, 4) is 0 Å². The fourth-order valence-electron chi connectivity index (χ4n) is 0.289. The van der Waals surface area contributed by atoms with E-state index in [0.717, 1.165) is 0 Å². The molecule has 6 nitrogen and oxygen atoms in total. The lowest BCUT2D eigenvalue weighted by atomic mass is 10.2. The quantitative estimate of drug-likeness (QED) is 0.363. The normalized spacial score (nSPS) is 15.8. The summed E-state index contributed by atoms with van der Waals surface area (Å²) in [6.07, 6.45) is -2.04. The van der Waals surface area contributed by atoms with Gasteiger partial charge in [-0.25, -0.2) is 4.79 Å². The summed E-state index contributed by atoms with van der Waals surface area (Å²) in [4.78, 5) is 19.7. The van der Waals surface area contributed by atoms with Gasteiger partial charge in [0, 0.05) is 0 Å². The number of carboxylic acid groups (broad SMARTS) is 2. The number of carbonyl (C=O) groups is 2. The van der Waals surface area contributed by atoms with Crippen molar-refractivity contribution in [2.75, 3.05) is 0 Å². The molecule has 0 heterocycles. The third kappa shape index (κ3) is 2.00. The Morgan fingerprint density at radius 1 is 1.20 bits per heavy atom. The highest BCUT2D eigenvalue weighted by atomic mass is 16.4. The Labute approximate surface area is 55.9 Å². The number of aliphatic hydroxyl groups is 1. The molecular weight excluding hydrogens is 142 g/mol. The molecule has 0 saturated carbocycles. The number of hydrogen-bond donors (Lipinski definition) is 4. The van der Waals surface area contributed by atoms with Gasteiger partial charge in [-0.3, -0.25) is 4.79 Å². The maximum atomic E-state index is 9.90. The number of carboxylic acids is 2. The van der Waals surface area contributed by atoms with E-state index in [4.69, 9.17) is 21.1 Å². The molecule has 0 aromatic carbocycles.